The zero-order valence-corrected chi connectivity index (χ0v) is 15.6. The molecule has 0 N–H and O–H groups in total. The SMILES string of the molecule is CSc1ccc(C(=O)N2CCN(Cc3cccc(Cl)c3Cl)CC2)o1. The van der Waals surface area contributed by atoms with Crippen LogP contribution in [0.1, 0.15) is 16.1 Å². The number of rotatable bonds is 4. The van der Waals surface area contributed by atoms with Crippen LogP contribution >= 0.6 is 35.0 Å². The van der Waals surface area contributed by atoms with E-state index >= 15 is 0 Å². The first-order chi connectivity index (χ1) is 11.6. The van der Waals surface area contributed by atoms with Gasteiger partial charge in [0, 0.05) is 32.7 Å². The predicted molar refractivity (Wildman–Crippen MR) is 98.1 cm³/mol. The van der Waals surface area contributed by atoms with Gasteiger partial charge in [0.05, 0.1) is 10.0 Å². The molecule has 1 saturated heterocycles. The molecule has 3 rings (SSSR count). The molecule has 7 heteroatoms. The first kappa shape index (κ1) is 17.7. The lowest BCUT2D eigenvalue weighted by Crippen LogP contribution is -2.48. The molecule has 1 fully saturated rings. The smallest absolute Gasteiger partial charge is 0.289 e. The third-order valence-electron chi connectivity index (χ3n) is 4.08. The van der Waals surface area contributed by atoms with Gasteiger partial charge in [-0.2, -0.15) is 0 Å². The van der Waals surface area contributed by atoms with Gasteiger partial charge in [-0.3, -0.25) is 9.69 Å². The number of thioether (sulfide) groups is 1. The molecular weight excluding hydrogens is 367 g/mol. The van der Waals surface area contributed by atoms with E-state index in [-0.39, 0.29) is 5.91 Å². The molecular formula is C17H18Cl2N2O2S. The van der Waals surface area contributed by atoms with E-state index in [0.717, 1.165) is 30.3 Å². The Balaban J connectivity index is 1.57. The number of hydrogen-bond donors (Lipinski definition) is 0. The zero-order chi connectivity index (χ0) is 17.1. The Kier molecular flexibility index (Phi) is 5.76. The van der Waals surface area contributed by atoms with Gasteiger partial charge in [0.2, 0.25) is 0 Å². The van der Waals surface area contributed by atoms with Crippen LogP contribution in [-0.2, 0) is 6.54 Å². The Hall–Kier alpha value is -1.14. The van der Waals surface area contributed by atoms with Gasteiger partial charge in [-0.1, -0.05) is 47.1 Å². The molecule has 0 aliphatic carbocycles. The number of nitrogens with zero attached hydrogens (tertiary/aromatic N) is 2. The summed E-state index contributed by atoms with van der Waals surface area (Å²) in [5.41, 5.74) is 1.01. The van der Waals surface area contributed by atoms with Crippen molar-refractivity contribution in [2.24, 2.45) is 0 Å². The average molecular weight is 385 g/mol. The molecule has 4 nitrogen and oxygen atoms in total. The van der Waals surface area contributed by atoms with Crippen molar-refractivity contribution < 1.29 is 9.21 Å². The average Bonchev–Trinajstić information content (AvgIpc) is 3.08. The molecule has 2 heterocycles. The Bertz CT molecular complexity index is 727. The summed E-state index contributed by atoms with van der Waals surface area (Å²) >= 11 is 13.8. The van der Waals surface area contributed by atoms with Crippen LogP contribution in [0.15, 0.2) is 39.8 Å². The highest BCUT2D eigenvalue weighted by atomic mass is 35.5. The fourth-order valence-corrected chi connectivity index (χ4v) is 3.48. The van der Waals surface area contributed by atoms with Crippen LogP contribution in [0.25, 0.3) is 0 Å². The standard InChI is InChI=1S/C17H18Cl2N2O2S/c1-24-15-6-5-14(23-15)17(22)21-9-7-20(8-10-21)11-12-3-2-4-13(18)16(12)19/h2-6H,7-11H2,1H3. The molecule has 0 saturated carbocycles. The van der Waals surface area contributed by atoms with Gasteiger partial charge in [-0.25, -0.2) is 0 Å². The maximum absolute atomic E-state index is 12.5. The molecule has 24 heavy (non-hydrogen) atoms. The summed E-state index contributed by atoms with van der Waals surface area (Å²) in [7, 11) is 0. The lowest BCUT2D eigenvalue weighted by Gasteiger charge is -2.34. The molecule has 0 unspecified atom stereocenters. The van der Waals surface area contributed by atoms with Crippen LogP contribution in [-0.4, -0.2) is 48.1 Å². The fourth-order valence-electron chi connectivity index (χ4n) is 2.72. The maximum atomic E-state index is 12.5. The van der Waals surface area contributed by atoms with E-state index in [1.165, 1.54) is 11.8 Å². The second-order valence-electron chi connectivity index (χ2n) is 5.60. The minimum atomic E-state index is -0.0456. The fraction of sp³-hybridized carbons (Fsp3) is 0.353. The number of hydrogen-bond acceptors (Lipinski definition) is 4. The van der Waals surface area contributed by atoms with Crippen molar-refractivity contribution in [1.82, 2.24) is 9.80 Å². The van der Waals surface area contributed by atoms with Crippen molar-refractivity contribution in [2.45, 2.75) is 11.6 Å². The van der Waals surface area contributed by atoms with E-state index in [4.69, 9.17) is 27.6 Å². The highest BCUT2D eigenvalue weighted by Gasteiger charge is 2.24. The number of piperazine rings is 1. The van der Waals surface area contributed by atoms with Crippen LogP contribution in [0.4, 0.5) is 0 Å². The second kappa shape index (κ2) is 7.83. The van der Waals surface area contributed by atoms with Gasteiger partial charge < -0.3 is 9.32 Å². The maximum Gasteiger partial charge on any atom is 0.289 e. The normalized spacial score (nSPS) is 15.7. The molecule has 1 aliphatic heterocycles. The largest absolute Gasteiger partial charge is 0.445 e. The molecule has 0 radical (unpaired) electrons. The first-order valence-electron chi connectivity index (χ1n) is 7.67. The van der Waals surface area contributed by atoms with E-state index in [9.17, 15) is 4.79 Å². The van der Waals surface area contributed by atoms with Crippen LogP contribution < -0.4 is 0 Å². The Labute approximate surface area is 155 Å². The number of amides is 1. The van der Waals surface area contributed by atoms with Crippen LogP contribution in [0.3, 0.4) is 0 Å². The Morgan fingerprint density at radius 1 is 1.17 bits per heavy atom. The second-order valence-corrected chi connectivity index (χ2v) is 7.20. The Morgan fingerprint density at radius 2 is 1.92 bits per heavy atom. The van der Waals surface area contributed by atoms with Crippen molar-refractivity contribution in [3.8, 4) is 0 Å². The van der Waals surface area contributed by atoms with E-state index < -0.39 is 0 Å². The lowest BCUT2D eigenvalue weighted by molar-refractivity contribution is 0.0593. The minimum absolute atomic E-state index is 0.0456. The summed E-state index contributed by atoms with van der Waals surface area (Å²) in [5, 5.41) is 1.94. The van der Waals surface area contributed by atoms with Gasteiger partial charge in [0.15, 0.2) is 10.9 Å². The summed E-state index contributed by atoms with van der Waals surface area (Å²) in [6.45, 7) is 3.67. The van der Waals surface area contributed by atoms with Gasteiger partial charge in [0.1, 0.15) is 0 Å². The molecule has 1 aromatic heterocycles. The van der Waals surface area contributed by atoms with Gasteiger partial charge in [-0.05, 0) is 30.0 Å². The van der Waals surface area contributed by atoms with Crippen LogP contribution in [0, 0.1) is 0 Å². The predicted octanol–water partition coefficient (Wildman–Crippen LogP) is 4.27. The van der Waals surface area contributed by atoms with Crippen molar-refractivity contribution in [2.75, 3.05) is 32.4 Å². The number of benzene rings is 1. The summed E-state index contributed by atoms with van der Waals surface area (Å²) in [5.74, 6) is 0.362. The highest BCUT2D eigenvalue weighted by Crippen LogP contribution is 2.27. The minimum Gasteiger partial charge on any atom is -0.445 e. The van der Waals surface area contributed by atoms with E-state index in [0.29, 0.717) is 28.9 Å². The highest BCUT2D eigenvalue weighted by molar-refractivity contribution is 7.98. The van der Waals surface area contributed by atoms with E-state index in [2.05, 4.69) is 4.90 Å². The summed E-state index contributed by atoms with van der Waals surface area (Å²) < 4.78 is 5.53. The van der Waals surface area contributed by atoms with E-state index in [1.54, 1.807) is 12.1 Å². The molecule has 0 atom stereocenters. The van der Waals surface area contributed by atoms with Gasteiger partial charge in [0.25, 0.3) is 5.91 Å². The molecule has 1 aliphatic rings. The van der Waals surface area contributed by atoms with Crippen LogP contribution in [0.2, 0.25) is 10.0 Å². The molecule has 1 amide bonds. The van der Waals surface area contributed by atoms with Crippen molar-refractivity contribution >= 4 is 40.9 Å². The van der Waals surface area contributed by atoms with Crippen molar-refractivity contribution in [3.05, 3.63) is 51.7 Å². The number of carbonyl (C=O) groups excluding carboxylic acids is 1. The molecule has 1 aromatic carbocycles. The number of halogens is 2. The third-order valence-corrected chi connectivity index (χ3v) is 5.56. The quantitative estimate of drug-likeness (QED) is 0.737. The number of carbonyl (C=O) groups is 1. The number of furan rings is 1. The monoisotopic (exact) mass is 384 g/mol. The topological polar surface area (TPSA) is 36.7 Å². The van der Waals surface area contributed by atoms with Crippen molar-refractivity contribution in [1.29, 1.82) is 0 Å². The van der Waals surface area contributed by atoms with Gasteiger partial charge >= 0.3 is 0 Å². The summed E-state index contributed by atoms with van der Waals surface area (Å²) in [6.07, 6.45) is 1.92. The lowest BCUT2D eigenvalue weighted by atomic mass is 10.2. The molecule has 2 aromatic rings. The molecule has 128 valence electrons. The van der Waals surface area contributed by atoms with Gasteiger partial charge in [-0.15, -0.1) is 0 Å². The molecule has 0 spiro atoms. The van der Waals surface area contributed by atoms with E-state index in [1.807, 2.05) is 29.4 Å². The Morgan fingerprint density at radius 3 is 2.58 bits per heavy atom. The molecule has 0 bridgehead atoms. The summed E-state index contributed by atoms with van der Waals surface area (Å²) in [6, 6.07) is 9.25. The zero-order valence-electron chi connectivity index (χ0n) is 13.3. The summed E-state index contributed by atoms with van der Waals surface area (Å²) in [4.78, 5) is 16.6. The van der Waals surface area contributed by atoms with Crippen LogP contribution in [0.5, 0.6) is 0 Å². The first-order valence-corrected chi connectivity index (χ1v) is 9.65. The third kappa shape index (κ3) is 3.91. The van der Waals surface area contributed by atoms with Crippen molar-refractivity contribution in [3.63, 3.8) is 0 Å².